The molecule has 1 aromatic heterocycles. The van der Waals surface area contributed by atoms with Gasteiger partial charge in [0.25, 0.3) is 0 Å². The molecule has 0 radical (unpaired) electrons. The Morgan fingerprint density at radius 2 is 1.68 bits per heavy atom. The first-order valence-corrected chi connectivity index (χ1v) is 10.9. The molecule has 0 saturated carbocycles. The summed E-state index contributed by atoms with van der Waals surface area (Å²) in [4.78, 5) is 36.2. The molecule has 0 aliphatic carbocycles. The van der Waals surface area contributed by atoms with Crippen LogP contribution >= 0.6 is 11.6 Å². The number of hydrogen-bond donors (Lipinski definition) is 0. The summed E-state index contributed by atoms with van der Waals surface area (Å²) in [5, 5.41) is 1.75. The molecular weight excluding hydrogens is 412 g/mol. The summed E-state index contributed by atoms with van der Waals surface area (Å²) >= 11 is 5.95. The number of nitrogens with zero attached hydrogens (tertiary/aromatic N) is 4. The molecule has 3 aromatic rings. The highest BCUT2D eigenvalue weighted by Crippen LogP contribution is 2.28. The van der Waals surface area contributed by atoms with Crippen LogP contribution in [0, 0.1) is 5.92 Å². The van der Waals surface area contributed by atoms with Crippen molar-refractivity contribution in [1.82, 2.24) is 9.88 Å². The number of benzene rings is 2. The maximum absolute atomic E-state index is 13.1. The zero-order chi connectivity index (χ0) is 21.4. The molecule has 2 aliphatic rings. The van der Waals surface area contributed by atoms with Crippen molar-refractivity contribution in [3.63, 3.8) is 0 Å². The zero-order valence-corrected chi connectivity index (χ0v) is 17.8. The summed E-state index contributed by atoms with van der Waals surface area (Å²) in [7, 11) is 0. The van der Waals surface area contributed by atoms with Gasteiger partial charge in [0.15, 0.2) is 0 Å². The Hall–Kier alpha value is -3.12. The minimum absolute atomic E-state index is 0.0142. The molecule has 2 amide bonds. The topological polar surface area (TPSA) is 56.8 Å². The number of fused-ring (bicyclic) bond motifs is 1. The Morgan fingerprint density at radius 1 is 0.935 bits per heavy atom. The molecule has 5 rings (SSSR count). The van der Waals surface area contributed by atoms with Gasteiger partial charge < -0.3 is 14.7 Å². The standard InChI is InChI=1S/C24H23ClN4O2/c25-19-6-8-20(9-7-19)29-16-18(15-23(29)30)24(31)28-13-11-27(12-14-28)22-10-5-17-3-1-2-4-21(17)26-22/h1-10,18H,11-16H2. The lowest BCUT2D eigenvalue weighted by Gasteiger charge is -2.36. The van der Waals surface area contributed by atoms with E-state index in [-0.39, 0.29) is 24.2 Å². The summed E-state index contributed by atoms with van der Waals surface area (Å²) in [5.74, 6) is 0.694. The van der Waals surface area contributed by atoms with Gasteiger partial charge in [0.05, 0.1) is 11.4 Å². The van der Waals surface area contributed by atoms with Crippen LogP contribution in [0.2, 0.25) is 5.02 Å². The number of carbonyl (C=O) groups excluding carboxylic acids is 2. The molecule has 0 spiro atoms. The summed E-state index contributed by atoms with van der Waals surface area (Å²) in [5.41, 5.74) is 1.77. The first-order chi connectivity index (χ1) is 15.1. The van der Waals surface area contributed by atoms with E-state index in [4.69, 9.17) is 16.6 Å². The van der Waals surface area contributed by atoms with E-state index in [0.29, 0.717) is 24.7 Å². The Balaban J connectivity index is 1.21. The summed E-state index contributed by atoms with van der Waals surface area (Å²) in [6, 6.07) is 19.4. The van der Waals surface area contributed by atoms with E-state index in [2.05, 4.69) is 17.0 Å². The van der Waals surface area contributed by atoms with Gasteiger partial charge in [0, 0.05) is 55.2 Å². The van der Waals surface area contributed by atoms with Crippen LogP contribution < -0.4 is 9.80 Å². The van der Waals surface area contributed by atoms with Crippen LogP contribution in [0.15, 0.2) is 60.7 Å². The van der Waals surface area contributed by atoms with Gasteiger partial charge in [0.2, 0.25) is 11.8 Å². The van der Waals surface area contributed by atoms with Gasteiger partial charge in [-0.3, -0.25) is 9.59 Å². The molecule has 0 N–H and O–H groups in total. The van der Waals surface area contributed by atoms with Gasteiger partial charge in [-0.1, -0.05) is 29.8 Å². The number of halogens is 1. The van der Waals surface area contributed by atoms with E-state index in [1.165, 1.54) is 0 Å². The zero-order valence-electron chi connectivity index (χ0n) is 17.1. The number of rotatable bonds is 3. The van der Waals surface area contributed by atoms with E-state index in [0.717, 1.165) is 35.5 Å². The Labute approximate surface area is 186 Å². The summed E-state index contributed by atoms with van der Waals surface area (Å²) in [6.07, 6.45) is 0.258. The number of piperazine rings is 1. The molecule has 3 heterocycles. The molecule has 1 unspecified atom stereocenters. The van der Waals surface area contributed by atoms with Crippen LogP contribution in [-0.4, -0.2) is 54.4 Å². The molecular formula is C24H23ClN4O2. The lowest BCUT2D eigenvalue weighted by Crippen LogP contribution is -2.51. The lowest BCUT2D eigenvalue weighted by atomic mass is 10.1. The second kappa shape index (κ2) is 8.19. The molecule has 2 aromatic carbocycles. The minimum atomic E-state index is -0.298. The van der Waals surface area contributed by atoms with Crippen molar-refractivity contribution in [2.75, 3.05) is 42.5 Å². The van der Waals surface area contributed by atoms with Crippen LogP contribution in [-0.2, 0) is 9.59 Å². The first-order valence-electron chi connectivity index (χ1n) is 10.5. The van der Waals surface area contributed by atoms with Gasteiger partial charge in [-0.05, 0) is 42.5 Å². The van der Waals surface area contributed by atoms with E-state index in [1.807, 2.05) is 41.3 Å². The average molecular weight is 435 g/mol. The third kappa shape index (κ3) is 3.95. The maximum atomic E-state index is 13.1. The van der Waals surface area contributed by atoms with Gasteiger partial charge >= 0.3 is 0 Å². The number of pyridine rings is 1. The van der Waals surface area contributed by atoms with E-state index < -0.39 is 0 Å². The van der Waals surface area contributed by atoms with E-state index >= 15 is 0 Å². The lowest BCUT2D eigenvalue weighted by molar-refractivity contribution is -0.136. The molecule has 1 atom stereocenters. The van der Waals surface area contributed by atoms with Crippen molar-refractivity contribution >= 4 is 45.8 Å². The van der Waals surface area contributed by atoms with Gasteiger partial charge in [-0.15, -0.1) is 0 Å². The van der Waals surface area contributed by atoms with Crippen LogP contribution in [0.25, 0.3) is 10.9 Å². The average Bonchev–Trinajstić information content (AvgIpc) is 3.20. The minimum Gasteiger partial charge on any atom is -0.353 e. The smallest absolute Gasteiger partial charge is 0.228 e. The molecule has 2 fully saturated rings. The quantitative estimate of drug-likeness (QED) is 0.632. The highest BCUT2D eigenvalue weighted by Gasteiger charge is 2.38. The van der Waals surface area contributed by atoms with Crippen molar-refractivity contribution in [2.45, 2.75) is 6.42 Å². The molecule has 6 nitrogen and oxygen atoms in total. The van der Waals surface area contributed by atoms with Crippen LogP contribution in [0.5, 0.6) is 0 Å². The molecule has 7 heteroatoms. The van der Waals surface area contributed by atoms with Crippen molar-refractivity contribution in [1.29, 1.82) is 0 Å². The molecule has 31 heavy (non-hydrogen) atoms. The van der Waals surface area contributed by atoms with E-state index in [9.17, 15) is 9.59 Å². The molecule has 2 aliphatic heterocycles. The number of amides is 2. The summed E-state index contributed by atoms with van der Waals surface area (Å²) in [6.45, 7) is 3.17. The highest BCUT2D eigenvalue weighted by molar-refractivity contribution is 6.30. The number of anilines is 2. The maximum Gasteiger partial charge on any atom is 0.228 e. The Morgan fingerprint density at radius 3 is 2.45 bits per heavy atom. The van der Waals surface area contributed by atoms with Crippen LogP contribution in [0.4, 0.5) is 11.5 Å². The van der Waals surface area contributed by atoms with Gasteiger partial charge in [-0.25, -0.2) is 4.98 Å². The van der Waals surface area contributed by atoms with Crippen molar-refractivity contribution < 1.29 is 9.59 Å². The SMILES string of the molecule is O=C(C1CC(=O)N(c2ccc(Cl)cc2)C1)N1CCN(c2ccc3ccccc3n2)CC1. The fourth-order valence-corrected chi connectivity index (χ4v) is 4.52. The fourth-order valence-electron chi connectivity index (χ4n) is 4.39. The second-order valence-electron chi connectivity index (χ2n) is 8.06. The van der Waals surface area contributed by atoms with Crippen LogP contribution in [0.1, 0.15) is 6.42 Å². The number of hydrogen-bond acceptors (Lipinski definition) is 4. The van der Waals surface area contributed by atoms with Gasteiger partial charge in [-0.2, -0.15) is 0 Å². The predicted octanol–water partition coefficient (Wildman–Crippen LogP) is 3.59. The predicted molar refractivity (Wildman–Crippen MR) is 122 cm³/mol. The normalized spacial score (nSPS) is 19.3. The largest absolute Gasteiger partial charge is 0.353 e. The first kappa shape index (κ1) is 19.8. The highest BCUT2D eigenvalue weighted by atomic mass is 35.5. The number of aromatic nitrogens is 1. The Bertz CT molecular complexity index is 1130. The van der Waals surface area contributed by atoms with Gasteiger partial charge in [0.1, 0.15) is 5.82 Å². The Kier molecular flexibility index (Phi) is 5.24. The van der Waals surface area contributed by atoms with Crippen LogP contribution in [0.3, 0.4) is 0 Å². The third-order valence-corrected chi connectivity index (χ3v) is 6.36. The number of para-hydroxylation sites is 1. The van der Waals surface area contributed by atoms with Crippen molar-refractivity contribution in [3.05, 3.63) is 65.7 Å². The monoisotopic (exact) mass is 434 g/mol. The second-order valence-corrected chi connectivity index (χ2v) is 8.49. The third-order valence-electron chi connectivity index (χ3n) is 6.11. The van der Waals surface area contributed by atoms with Crippen molar-refractivity contribution in [3.8, 4) is 0 Å². The molecule has 0 bridgehead atoms. The summed E-state index contributed by atoms with van der Waals surface area (Å²) < 4.78 is 0. The fraction of sp³-hybridized carbons (Fsp3) is 0.292. The van der Waals surface area contributed by atoms with E-state index in [1.54, 1.807) is 17.0 Å². The number of carbonyl (C=O) groups is 2. The molecule has 2 saturated heterocycles. The van der Waals surface area contributed by atoms with Crippen molar-refractivity contribution in [2.24, 2.45) is 5.92 Å². The molecule has 158 valence electrons.